The number of hydrogen-bond acceptors (Lipinski definition) is 0. The van der Waals surface area contributed by atoms with Crippen molar-refractivity contribution in [1.82, 2.24) is 0 Å². The summed E-state index contributed by atoms with van der Waals surface area (Å²) < 4.78 is 0. The number of benzene rings is 1. The summed E-state index contributed by atoms with van der Waals surface area (Å²) in [6, 6.07) is 10.7. The molecule has 0 N–H and O–H groups in total. The molecule has 0 aliphatic heterocycles. The predicted octanol–water partition coefficient (Wildman–Crippen LogP) is 0.0884. The van der Waals surface area contributed by atoms with Gasteiger partial charge >= 0.3 is 37.7 Å². The first-order chi connectivity index (χ1) is 9.48. The van der Waals surface area contributed by atoms with Gasteiger partial charge in [0.25, 0.3) is 0 Å². The quantitative estimate of drug-likeness (QED) is 0.380. The van der Waals surface area contributed by atoms with Crippen molar-refractivity contribution in [2.45, 2.75) is 59.2 Å². The SMILES string of the molecule is CCC[C-]=C(CCC)C(=[C-][Si](C)(C)C)c1ccccc1.[Li+].[Li+]. The molecule has 0 aromatic heterocycles. The summed E-state index contributed by atoms with van der Waals surface area (Å²) in [4.78, 5) is 0. The van der Waals surface area contributed by atoms with Crippen LogP contribution in [0.1, 0.15) is 45.1 Å². The molecule has 110 valence electrons. The van der Waals surface area contributed by atoms with E-state index in [0.29, 0.717) is 0 Å². The molecule has 0 amide bonds. The van der Waals surface area contributed by atoms with Gasteiger partial charge in [0.05, 0.1) is 0 Å². The summed E-state index contributed by atoms with van der Waals surface area (Å²) in [5, 5.41) is 0. The summed E-state index contributed by atoms with van der Waals surface area (Å²) in [5.74, 6) is 0. The van der Waals surface area contributed by atoms with Crippen LogP contribution in [-0.4, -0.2) is 8.07 Å². The maximum atomic E-state index is 3.82. The Kier molecular flexibility index (Phi) is 13.9. The van der Waals surface area contributed by atoms with Crippen molar-refractivity contribution < 1.29 is 37.7 Å². The topological polar surface area (TPSA) is 0 Å². The summed E-state index contributed by atoms with van der Waals surface area (Å²) in [7, 11) is -1.38. The Balaban J connectivity index is 0. The average molecular weight is 298 g/mol. The molecule has 0 spiro atoms. The summed E-state index contributed by atoms with van der Waals surface area (Å²) in [6.45, 7) is 11.5. The van der Waals surface area contributed by atoms with Crippen molar-refractivity contribution in [2.24, 2.45) is 0 Å². The fourth-order valence-corrected chi connectivity index (χ4v) is 3.17. The van der Waals surface area contributed by atoms with E-state index >= 15 is 0 Å². The summed E-state index contributed by atoms with van der Waals surface area (Å²) in [5.41, 5.74) is 7.79. The van der Waals surface area contributed by atoms with Gasteiger partial charge in [-0.15, -0.1) is 25.0 Å². The van der Waals surface area contributed by atoms with Crippen LogP contribution in [0.2, 0.25) is 19.6 Å². The monoisotopic (exact) mass is 298 g/mol. The molecule has 0 bridgehead atoms. The zero-order chi connectivity index (χ0) is 15.0. The van der Waals surface area contributed by atoms with Gasteiger partial charge in [0, 0.05) is 0 Å². The van der Waals surface area contributed by atoms with E-state index in [9.17, 15) is 0 Å². The molecule has 22 heavy (non-hydrogen) atoms. The third-order valence-electron chi connectivity index (χ3n) is 2.95. The van der Waals surface area contributed by atoms with E-state index in [2.05, 4.69) is 75.6 Å². The molecule has 0 radical (unpaired) electrons. The van der Waals surface area contributed by atoms with E-state index in [4.69, 9.17) is 0 Å². The third-order valence-corrected chi connectivity index (χ3v) is 3.95. The van der Waals surface area contributed by atoms with Crippen LogP contribution in [0, 0.1) is 11.8 Å². The predicted molar refractivity (Wildman–Crippen MR) is 93.0 cm³/mol. The normalized spacial score (nSPS) is 12.4. The van der Waals surface area contributed by atoms with Gasteiger partial charge in [0.1, 0.15) is 0 Å². The van der Waals surface area contributed by atoms with Crippen LogP contribution in [-0.2, 0) is 0 Å². The number of rotatable bonds is 7. The van der Waals surface area contributed by atoms with E-state index in [1.54, 1.807) is 0 Å². The molecule has 0 aliphatic carbocycles. The number of unbranched alkanes of at least 4 members (excludes halogenated alkanes) is 1. The van der Waals surface area contributed by atoms with Gasteiger partial charge < -0.3 is 22.9 Å². The van der Waals surface area contributed by atoms with Crippen LogP contribution in [0.5, 0.6) is 0 Å². The van der Waals surface area contributed by atoms with Crippen molar-refractivity contribution >= 4 is 13.6 Å². The molecule has 0 fully saturated rings. The van der Waals surface area contributed by atoms with E-state index in [0.717, 1.165) is 25.7 Å². The third kappa shape index (κ3) is 9.30. The van der Waals surface area contributed by atoms with Crippen LogP contribution in [0.4, 0.5) is 0 Å². The van der Waals surface area contributed by atoms with Crippen molar-refractivity contribution in [2.75, 3.05) is 0 Å². The molecule has 0 unspecified atom stereocenters. The fraction of sp³-hybridized carbons (Fsp3) is 0.474. The standard InChI is InChI=1S/C19H28Si.2Li/c1-6-8-13-17(12-7-2)19(16-20(3,4)5)18-14-10-9-11-15-18;;/h9-11,14-15H,6-8,12H2,1-5H3;;/q-2;2*+1. The minimum Gasteiger partial charge on any atom is -0.343 e. The minimum absolute atomic E-state index is 0. The molecule has 0 nitrogen and oxygen atoms in total. The zero-order valence-electron chi connectivity index (χ0n) is 15.7. The van der Waals surface area contributed by atoms with Gasteiger partial charge in [0.2, 0.25) is 0 Å². The molecule has 3 heteroatoms. The molecule has 0 atom stereocenters. The average Bonchev–Trinajstić information content (AvgIpc) is 2.41. The Bertz CT molecular complexity index is 456. The molecule has 1 rings (SSSR count). The molecule has 0 saturated carbocycles. The smallest absolute Gasteiger partial charge is 0.343 e. The Morgan fingerprint density at radius 2 is 1.55 bits per heavy atom. The summed E-state index contributed by atoms with van der Waals surface area (Å²) in [6.07, 6.45) is 8.09. The van der Waals surface area contributed by atoms with Gasteiger partial charge in [-0.05, 0) is 8.07 Å². The molecule has 0 heterocycles. The van der Waals surface area contributed by atoms with Crippen LogP contribution in [0.25, 0.3) is 5.57 Å². The Morgan fingerprint density at radius 3 is 2.00 bits per heavy atom. The van der Waals surface area contributed by atoms with E-state index in [1.165, 1.54) is 16.7 Å². The second-order valence-electron chi connectivity index (χ2n) is 6.27. The second-order valence-corrected chi connectivity index (χ2v) is 11.0. The first kappa shape index (κ1) is 24.4. The molecular weight excluding hydrogens is 270 g/mol. The van der Waals surface area contributed by atoms with Crippen LogP contribution in [0.15, 0.2) is 35.9 Å². The first-order valence-corrected chi connectivity index (χ1v) is 11.3. The Hall–Kier alpha value is 0.112. The van der Waals surface area contributed by atoms with E-state index in [1.807, 2.05) is 0 Å². The largest absolute Gasteiger partial charge is 1.00 e. The van der Waals surface area contributed by atoms with Crippen molar-refractivity contribution in [3.8, 4) is 0 Å². The van der Waals surface area contributed by atoms with Crippen molar-refractivity contribution in [3.63, 3.8) is 0 Å². The van der Waals surface area contributed by atoms with Crippen molar-refractivity contribution in [3.05, 3.63) is 53.2 Å². The van der Waals surface area contributed by atoms with Gasteiger partial charge in [-0.1, -0.05) is 64.5 Å². The maximum Gasteiger partial charge on any atom is 1.00 e. The Morgan fingerprint density at radius 1 is 0.955 bits per heavy atom. The summed E-state index contributed by atoms with van der Waals surface area (Å²) >= 11 is 0. The van der Waals surface area contributed by atoms with Gasteiger partial charge in [-0.25, -0.2) is 5.56 Å². The van der Waals surface area contributed by atoms with E-state index < -0.39 is 8.07 Å². The second kappa shape index (κ2) is 12.5. The van der Waals surface area contributed by atoms with Crippen LogP contribution in [0.3, 0.4) is 0 Å². The molecule has 0 saturated heterocycles. The minimum atomic E-state index is -1.38. The van der Waals surface area contributed by atoms with Gasteiger partial charge in [-0.2, -0.15) is 0 Å². The van der Waals surface area contributed by atoms with Gasteiger partial charge in [-0.3, -0.25) is 0 Å². The number of allylic oxidation sites excluding steroid dienone is 3. The maximum absolute atomic E-state index is 3.82. The Labute approximate surface area is 163 Å². The zero-order valence-corrected chi connectivity index (χ0v) is 16.7. The first-order valence-electron chi connectivity index (χ1n) is 7.78. The van der Waals surface area contributed by atoms with E-state index in [-0.39, 0.29) is 37.7 Å². The fourth-order valence-electron chi connectivity index (χ4n) is 2.13. The van der Waals surface area contributed by atoms with Crippen LogP contribution >= 0.6 is 0 Å². The van der Waals surface area contributed by atoms with Crippen molar-refractivity contribution in [1.29, 1.82) is 0 Å². The molecule has 1 aromatic rings. The molecule has 1 aromatic carbocycles. The molecular formula is C19H28Li2Si. The molecule has 0 aliphatic rings. The number of hydrogen-bond donors (Lipinski definition) is 0. The van der Waals surface area contributed by atoms with Gasteiger partial charge in [0.15, 0.2) is 0 Å². The van der Waals surface area contributed by atoms with Crippen LogP contribution < -0.4 is 37.7 Å².